The third kappa shape index (κ3) is 5.04. The van der Waals surface area contributed by atoms with Crippen molar-refractivity contribution in [1.29, 1.82) is 0 Å². The minimum atomic E-state index is -1.22. The number of aliphatic hydroxyl groups is 1. The molecule has 0 saturated carbocycles. The number of benzene rings is 2. The number of carbonyl (C=O) groups excluding carboxylic acids is 3. The van der Waals surface area contributed by atoms with Crippen LogP contribution < -0.4 is 0 Å². The maximum atomic E-state index is 14.9. The zero-order chi connectivity index (χ0) is 31.7. The van der Waals surface area contributed by atoms with E-state index in [2.05, 4.69) is 23.5 Å². The topological polar surface area (TPSA) is 121 Å². The van der Waals surface area contributed by atoms with E-state index in [-0.39, 0.29) is 30.9 Å². The van der Waals surface area contributed by atoms with Crippen LogP contribution in [0.15, 0.2) is 79.9 Å². The first-order valence-electron chi connectivity index (χ1n) is 15.6. The van der Waals surface area contributed by atoms with Gasteiger partial charge in [0.15, 0.2) is 0 Å². The van der Waals surface area contributed by atoms with Crippen molar-refractivity contribution in [1.82, 2.24) is 29.7 Å². The van der Waals surface area contributed by atoms with Gasteiger partial charge >= 0.3 is 0 Å². The predicted molar refractivity (Wildman–Crippen MR) is 167 cm³/mol. The van der Waals surface area contributed by atoms with Gasteiger partial charge in [-0.05, 0) is 37.0 Å². The monoisotopic (exact) mass is 612 g/mol. The lowest BCUT2D eigenvalue weighted by Gasteiger charge is -2.39. The Morgan fingerprint density at radius 1 is 1.09 bits per heavy atom. The molecule has 11 heteroatoms. The van der Waals surface area contributed by atoms with Crippen LogP contribution in [0.5, 0.6) is 0 Å². The van der Waals surface area contributed by atoms with E-state index < -0.39 is 42.2 Å². The van der Waals surface area contributed by atoms with Gasteiger partial charge in [0.1, 0.15) is 23.8 Å². The van der Waals surface area contributed by atoms with Crippen LogP contribution in [0.25, 0.3) is 11.0 Å². The summed E-state index contributed by atoms with van der Waals surface area (Å²) in [7, 11) is 0. The summed E-state index contributed by atoms with van der Waals surface area (Å²) in [6.45, 7) is 10.4. The van der Waals surface area contributed by atoms with E-state index in [9.17, 15) is 19.5 Å². The highest BCUT2D eigenvalue weighted by Gasteiger charge is 2.75. The highest BCUT2D eigenvalue weighted by molar-refractivity contribution is 5.99. The van der Waals surface area contributed by atoms with E-state index in [0.717, 1.165) is 11.9 Å². The SMILES string of the molecule is C=CCN(Cn1nnc2ccccc21)C(=O)C1N([C@H](CO)c2ccccc2)C(=O)[C@@H]2[C@@H](C(=O)N(CC=C)CCC)[C@H]3CCC12O3. The number of hydrogen-bond acceptors (Lipinski definition) is 7. The van der Waals surface area contributed by atoms with Gasteiger partial charge in [-0.15, -0.1) is 18.3 Å². The van der Waals surface area contributed by atoms with E-state index in [1.807, 2.05) is 61.5 Å². The summed E-state index contributed by atoms with van der Waals surface area (Å²) in [5, 5.41) is 19.3. The molecule has 3 aliphatic heterocycles. The van der Waals surface area contributed by atoms with Crippen molar-refractivity contribution in [2.24, 2.45) is 11.8 Å². The average Bonchev–Trinajstić information content (AvgIpc) is 3.81. The predicted octanol–water partition coefficient (Wildman–Crippen LogP) is 2.94. The molecule has 4 heterocycles. The number of likely N-dealkylation sites (tertiary alicyclic amines) is 1. The van der Waals surface area contributed by atoms with Crippen molar-refractivity contribution in [3.05, 3.63) is 85.5 Å². The van der Waals surface area contributed by atoms with Gasteiger partial charge in [0.25, 0.3) is 0 Å². The molecule has 3 aliphatic rings. The van der Waals surface area contributed by atoms with Gasteiger partial charge in [-0.2, -0.15) is 0 Å². The van der Waals surface area contributed by atoms with Gasteiger partial charge in [0.05, 0.1) is 36.1 Å². The largest absolute Gasteiger partial charge is 0.394 e. The summed E-state index contributed by atoms with van der Waals surface area (Å²) < 4.78 is 8.34. The van der Waals surface area contributed by atoms with Crippen LogP contribution in [-0.4, -0.2) is 96.5 Å². The summed E-state index contributed by atoms with van der Waals surface area (Å²) in [4.78, 5) is 48.5. The Balaban J connectivity index is 1.44. The van der Waals surface area contributed by atoms with E-state index in [1.54, 1.807) is 26.6 Å². The number of aliphatic hydroxyl groups excluding tert-OH is 1. The van der Waals surface area contributed by atoms with Crippen molar-refractivity contribution in [2.45, 2.75) is 56.6 Å². The van der Waals surface area contributed by atoms with Crippen molar-refractivity contribution >= 4 is 28.8 Å². The summed E-state index contributed by atoms with van der Waals surface area (Å²) >= 11 is 0. The minimum absolute atomic E-state index is 0.0647. The molecule has 11 nitrogen and oxygen atoms in total. The lowest BCUT2D eigenvalue weighted by atomic mass is 9.70. The Bertz CT molecular complexity index is 1590. The quantitative estimate of drug-likeness (QED) is 0.295. The van der Waals surface area contributed by atoms with Crippen LogP contribution in [0.3, 0.4) is 0 Å². The van der Waals surface area contributed by atoms with Crippen molar-refractivity contribution in [3.63, 3.8) is 0 Å². The van der Waals surface area contributed by atoms with Gasteiger partial charge in [-0.3, -0.25) is 14.4 Å². The molecular weight excluding hydrogens is 572 g/mol. The van der Waals surface area contributed by atoms with Crippen LogP contribution in [-0.2, 0) is 25.8 Å². The fourth-order valence-electron chi connectivity index (χ4n) is 7.67. The number of para-hydroxylation sites is 1. The highest BCUT2D eigenvalue weighted by Crippen LogP contribution is 2.60. The molecule has 1 aromatic heterocycles. The zero-order valence-electron chi connectivity index (χ0n) is 25.6. The first-order valence-corrected chi connectivity index (χ1v) is 15.6. The maximum absolute atomic E-state index is 14.9. The van der Waals surface area contributed by atoms with Gasteiger partial charge < -0.3 is 24.5 Å². The lowest BCUT2D eigenvalue weighted by molar-refractivity contribution is -0.153. The Labute approximate surface area is 262 Å². The third-order valence-corrected chi connectivity index (χ3v) is 9.49. The van der Waals surface area contributed by atoms with Crippen LogP contribution in [0.1, 0.15) is 37.8 Å². The van der Waals surface area contributed by atoms with Gasteiger partial charge in [0.2, 0.25) is 17.7 Å². The summed E-state index contributed by atoms with van der Waals surface area (Å²) in [6, 6.07) is 14.8. The summed E-state index contributed by atoms with van der Waals surface area (Å²) in [6.07, 6.45) is 4.58. The van der Waals surface area contributed by atoms with Crippen LogP contribution in [0.2, 0.25) is 0 Å². The van der Waals surface area contributed by atoms with Crippen molar-refractivity contribution in [2.75, 3.05) is 26.2 Å². The molecule has 6 rings (SSSR count). The van der Waals surface area contributed by atoms with E-state index in [1.165, 1.54) is 4.90 Å². The second-order valence-electron chi connectivity index (χ2n) is 12.1. The van der Waals surface area contributed by atoms with Crippen LogP contribution in [0, 0.1) is 11.8 Å². The van der Waals surface area contributed by atoms with Crippen molar-refractivity contribution in [3.8, 4) is 0 Å². The number of nitrogens with zero attached hydrogens (tertiary/aromatic N) is 6. The molecule has 3 fully saturated rings. The van der Waals surface area contributed by atoms with E-state index in [4.69, 9.17) is 4.74 Å². The molecule has 236 valence electrons. The summed E-state index contributed by atoms with van der Waals surface area (Å²) in [5.74, 6) is -2.47. The van der Waals surface area contributed by atoms with Gasteiger partial charge in [0, 0.05) is 19.6 Å². The molecule has 1 spiro atoms. The molecular formula is C34H40N6O5. The Morgan fingerprint density at radius 3 is 2.51 bits per heavy atom. The fraction of sp³-hybridized carbons (Fsp3) is 0.441. The zero-order valence-corrected chi connectivity index (χ0v) is 25.6. The molecule has 2 unspecified atom stereocenters. The number of amides is 3. The Morgan fingerprint density at radius 2 is 1.80 bits per heavy atom. The molecule has 3 aromatic rings. The molecule has 2 bridgehead atoms. The third-order valence-electron chi connectivity index (χ3n) is 9.49. The normalized spacial score (nSPS) is 25.7. The standard InChI is InChI=1S/C34H40N6O5/c1-4-18-37(19-5-2)31(42)28-27-16-17-34(45-27)29(28)32(43)40(26(21-41)23-12-8-7-9-13-23)30(34)33(44)38(20-6-3)22-39-25-15-11-10-14-24(25)35-36-39/h4,6-15,26-30,41H,1,3,5,16-22H2,2H3/t26-,27-,28+,29+,30?,34?/m1/s1. The van der Waals surface area contributed by atoms with E-state index >= 15 is 0 Å². The molecule has 6 atom stereocenters. The number of rotatable bonds is 13. The van der Waals surface area contributed by atoms with Crippen LogP contribution in [0.4, 0.5) is 0 Å². The van der Waals surface area contributed by atoms with Gasteiger partial charge in [-0.25, -0.2) is 4.68 Å². The van der Waals surface area contributed by atoms with Crippen molar-refractivity contribution < 1.29 is 24.2 Å². The number of aromatic nitrogens is 3. The number of carbonyl (C=O) groups is 3. The van der Waals surface area contributed by atoms with Crippen LogP contribution >= 0.6 is 0 Å². The number of hydrogen-bond donors (Lipinski definition) is 1. The number of fused-ring (bicyclic) bond motifs is 2. The molecule has 3 saturated heterocycles. The lowest BCUT2D eigenvalue weighted by Crippen LogP contribution is -2.57. The van der Waals surface area contributed by atoms with E-state index in [0.29, 0.717) is 37.0 Å². The molecule has 2 aromatic carbocycles. The fourth-order valence-corrected chi connectivity index (χ4v) is 7.67. The molecule has 0 radical (unpaired) electrons. The van der Waals surface area contributed by atoms with Gasteiger partial charge in [-0.1, -0.05) is 66.8 Å². The minimum Gasteiger partial charge on any atom is -0.394 e. The molecule has 0 aliphatic carbocycles. The smallest absolute Gasteiger partial charge is 0.250 e. The first-order chi connectivity index (χ1) is 21.9. The average molecular weight is 613 g/mol. The Hall–Kier alpha value is -4.35. The Kier molecular flexibility index (Phi) is 8.56. The second-order valence-corrected chi connectivity index (χ2v) is 12.1. The number of ether oxygens (including phenoxy) is 1. The summed E-state index contributed by atoms with van der Waals surface area (Å²) in [5.41, 5.74) is 0.919. The second kappa shape index (κ2) is 12.6. The molecule has 3 amide bonds. The first kappa shape index (κ1) is 30.7. The molecule has 1 N–H and O–H groups in total. The maximum Gasteiger partial charge on any atom is 0.250 e. The highest BCUT2D eigenvalue weighted by atomic mass is 16.5. The molecule has 45 heavy (non-hydrogen) atoms.